The fourth-order valence-electron chi connectivity index (χ4n) is 7.26. The first kappa shape index (κ1) is 27.6. The molecule has 1 N–H and O–H groups in total. The van der Waals surface area contributed by atoms with Crippen LogP contribution in [0.2, 0.25) is 0 Å². The Morgan fingerprint density at radius 1 is 1.03 bits per heavy atom. The van der Waals surface area contributed by atoms with Gasteiger partial charge in [0.2, 0.25) is 11.8 Å². The monoisotopic (exact) mass is 535 g/mol. The van der Waals surface area contributed by atoms with Crippen molar-refractivity contribution in [3.63, 3.8) is 0 Å². The molecule has 8 nitrogen and oxygen atoms in total. The highest BCUT2D eigenvalue weighted by atomic mass is 16.5. The molecule has 0 radical (unpaired) electrons. The summed E-state index contributed by atoms with van der Waals surface area (Å²) in [5, 5.41) is 10.5. The second-order valence-electron chi connectivity index (χ2n) is 12.1. The second kappa shape index (κ2) is 9.89. The number of anilines is 1. The van der Waals surface area contributed by atoms with E-state index in [1.165, 1.54) is 0 Å². The van der Waals surface area contributed by atoms with E-state index in [4.69, 9.17) is 4.74 Å². The predicted molar refractivity (Wildman–Crippen MR) is 149 cm³/mol. The van der Waals surface area contributed by atoms with Crippen molar-refractivity contribution < 1.29 is 24.2 Å². The highest BCUT2D eigenvalue weighted by molar-refractivity contribution is 6.06. The fraction of sp³-hybridized carbons (Fsp3) is 0.581. The molecule has 6 atom stereocenters. The molecule has 1 aromatic rings. The van der Waals surface area contributed by atoms with Gasteiger partial charge in [0.25, 0.3) is 5.91 Å². The van der Waals surface area contributed by atoms with Gasteiger partial charge in [-0.1, -0.05) is 57.2 Å². The molecule has 2 saturated heterocycles. The second-order valence-corrected chi connectivity index (χ2v) is 12.1. The van der Waals surface area contributed by atoms with Crippen LogP contribution in [0.1, 0.15) is 44.7 Å². The summed E-state index contributed by atoms with van der Waals surface area (Å²) < 4.78 is 6.99. The summed E-state index contributed by atoms with van der Waals surface area (Å²) >= 11 is 0. The molecule has 4 heterocycles. The molecule has 4 aliphatic heterocycles. The lowest BCUT2D eigenvalue weighted by Crippen LogP contribution is -2.59. The minimum absolute atomic E-state index is 0.154. The van der Waals surface area contributed by atoms with E-state index in [0.717, 1.165) is 16.8 Å². The first-order valence-electron chi connectivity index (χ1n) is 14.1. The molecule has 0 aliphatic carbocycles. The average Bonchev–Trinajstić information content (AvgIpc) is 3.20. The standard InChI is InChI=1S/C31H41N3O5/c1-7-30-12-8-14-32(6)27(36)24(30)25-28(37)34(22(18-35)16-19(2)3)26-29(38)33(15-9-13-31(25,26)39-30)23-17-20(4)10-11-21(23)5/h8-13,17,19,22,24-26,35H,7,14-16,18H2,1-6H3/t22-,24-,25+,26?,30+,31+/m1/s1. The Morgan fingerprint density at radius 3 is 2.41 bits per heavy atom. The van der Waals surface area contributed by atoms with Crippen molar-refractivity contribution in [3.05, 3.63) is 53.6 Å². The normalized spacial score (nSPS) is 32.9. The third-order valence-corrected chi connectivity index (χ3v) is 9.08. The van der Waals surface area contributed by atoms with Crippen molar-refractivity contribution in [2.45, 2.75) is 70.7 Å². The molecule has 2 fully saturated rings. The Bertz CT molecular complexity index is 1240. The van der Waals surface area contributed by atoms with E-state index in [9.17, 15) is 19.5 Å². The van der Waals surface area contributed by atoms with Crippen LogP contribution in [0.3, 0.4) is 0 Å². The molecule has 4 aliphatic rings. The predicted octanol–water partition coefficient (Wildman–Crippen LogP) is 3.00. The summed E-state index contributed by atoms with van der Waals surface area (Å²) in [6, 6.07) is 4.41. The number of hydrogen-bond donors (Lipinski definition) is 1. The van der Waals surface area contributed by atoms with Crippen molar-refractivity contribution in [2.75, 3.05) is 31.6 Å². The maximum absolute atomic E-state index is 14.7. The van der Waals surface area contributed by atoms with Gasteiger partial charge in [0.1, 0.15) is 11.6 Å². The number of amides is 3. The minimum Gasteiger partial charge on any atom is -0.394 e. The van der Waals surface area contributed by atoms with Gasteiger partial charge < -0.3 is 24.5 Å². The molecular formula is C31H41N3O5. The molecule has 1 unspecified atom stereocenters. The molecule has 0 saturated carbocycles. The molecule has 0 aromatic heterocycles. The molecular weight excluding hydrogens is 494 g/mol. The number of aliphatic hydroxyl groups excluding tert-OH is 1. The van der Waals surface area contributed by atoms with Crippen LogP contribution in [0.25, 0.3) is 0 Å². The van der Waals surface area contributed by atoms with Crippen molar-refractivity contribution in [1.82, 2.24) is 9.80 Å². The number of likely N-dealkylation sites (tertiary alicyclic amines) is 1. The number of rotatable bonds is 6. The van der Waals surface area contributed by atoms with Crippen LogP contribution in [0.15, 0.2) is 42.5 Å². The molecule has 1 aromatic carbocycles. The van der Waals surface area contributed by atoms with Gasteiger partial charge in [-0.15, -0.1) is 0 Å². The summed E-state index contributed by atoms with van der Waals surface area (Å²) in [5.74, 6) is -2.16. The van der Waals surface area contributed by atoms with Gasteiger partial charge >= 0.3 is 0 Å². The van der Waals surface area contributed by atoms with Gasteiger partial charge in [-0.3, -0.25) is 14.4 Å². The number of carbonyl (C=O) groups excluding carboxylic acids is 3. The third kappa shape index (κ3) is 4.06. The Kier molecular flexibility index (Phi) is 7.00. The number of ether oxygens (including phenoxy) is 1. The van der Waals surface area contributed by atoms with Gasteiger partial charge in [0.15, 0.2) is 0 Å². The number of aryl methyl sites for hydroxylation is 2. The van der Waals surface area contributed by atoms with Gasteiger partial charge in [-0.2, -0.15) is 0 Å². The van der Waals surface area contributed by atoms with Crippen molar-refractivity contribution in [1.29, 1.82) is 0 Å². The first-order valence-corrected chi connectivity index (χ1v) is 14.1. The minimum atomic E-state index is -1.33. The number of aliphatic hydroxyl groups is 1. The Hall–Kier alpha value is -2.97. The van der Waals surface area contributed by atoms with Crippen molar-refractivity contribution in [3.8, 4) is 0 Å². The lowest BCUT2D eigenvalue weighted by atomic mass is 9.73. The zero-order valence-electron chi connectivity index (χ0n) is 23.9. The van der Waals surface area contributed by atoms with Crippen LogP contribution < -0.4 is 4.90 Å². The van der Waals surface area contributed by atoms with Crippen LogP contribution in [0, 0.1) is 31.6 Å². The van der Waals surface area contributed by atoms with Crippen LogP contribution in [-0.4, -0.2) is 82.7 Å². The molecule has 8 heteroatoms. The quantitative estimate of drug-likeness (QED) is 0.566. The maximum atomic E-state index is 14.7. The molecule has 5 rings (SSSR count). The highest BCUT2D eigenvalue weighted by Crippen LogP contribution is 2.59. The summed E-state index contributed by atoms with van der Waals surface area (Å²) in [4.78, 5) is 48.1. The number of fused-ring (bicyclic) bond motifs is 2. The fourth-order valence-corrected chi connectivity index (χ4v) is 7.26. The van der Waals surface area contributed by atoms with E-state index in [1.807, 2.05) is 77.1 Å². The van der Waals surface area contributed by atoms with E-state index < -0.39 is 35.1 Å². The molecule has 1 spiro atoms. The van der Waals surface area contributed by atoms with Crippen LogP contribution in [0.4, 0.5) is 5.69 Å². The summed E-state index contributed by atoms with van der Waals surface area (Å²) in [5.41, 5.74) is 0.436. The zero-order valence-corrected chi connectivity index (χ0v) is 23.9. The van der Waals surface area contributed by atoms with Crippen molar-refractivity contribution in [2.24, 2.45) is 17.8 Å². The Morgan fingerprint density at radius 2 is 1.74 bits per heavy atom. The van der Waals surface area contributed by atoms with Crippen LogP contribution >= 0.6 is 0 Å². The largest absolute Gasteiger partial charge is 0.394 e. The Balaban J connectivity index is 1.72. The maximum Gasteiger partial charge on any atom is 0.253 e. The van der Waals surface area contributed by atoms with E-state index in [0.29, 0.717) is 25.9 Å². The SMILES string of the molecule is CC[C@]12C=CCN(C)C(=O)[C@H]1[C@H]1C(=O)N([C@@H](CO)CC(C)C)C3C(=O)N(c4cc(C)ccc4C)CC=C[C@@]31O2. The third-order valence-electron chi connectivity index (χ3n) is 9.08. The lowest BCUT2D eigenvalue weighted by molar-refractivity contribution is -0.152. The number of benzene rings is 1. The molecule has 3 amide bonds. The van der Waals surface area contributed by atoms with Crippen molar-refractivity contribution >= 4 is 23.4 Å². The summed E-state index contributed by atoms with van der Waals surface area (Å²) in [7, 11) is 1.74. The topological polar surface area (TPSA) is 90.4 Å². The van der Waals surface area contributed by atoms with E-state index in [2.05, 4.69) is 0 Å². The van der Waals surface area contributed by atoms with Gasteiger partial charge in [0.05, 0.1) is 30.1 Å². The molecule has 39 heavy (non-hydrogen) atoms. The number of hydrogen-bond acceptors (Lipinski definition) is 5. The average molecular weight is 536 g/mol. The van der Waals surface area contributed by atoms with Gasteiger partial charge in [0, 0.05) is 25.8 Å². The van der Waals surface area contributed by atoms with Gasteiger partial charge in [-0.05, 0) is 49.8 Å². The number of nitrogens with zero attached hydrogens (tertiary/aromatic N) is 3. The summed E-state index contributed by atoms with van der Waals surface area (Å²) in [6.45, 7) is 10.5. The first-order chi connectivity index (χ1) is 18.5. The van der Waals surface area contributed by atoms with Crippen LogP contribution in [-0.2, 0) is 19.1 Å². The van der Waals surface area contributed by atoms with Gasteiger partial charge in [-0.25, -0.2) is 0 Å². The van der Waals surface area contributed by atoms with E-state index in [1.54, 1.807) is 21.7 Å². The van der Waals surface area contributed by atoms with E-state index >= 15 is 0 Å². The smallest absolute Gasteiger partial charge is 0.253 e. The lowest BCUT2D eigenvalue weighted by Gasteiger charge is -2.41. The highest BCUT2D eigenvalue weighted by Gasteiger charge is 2.75. The molecule has 0 bridgehead atoms. The number of likely N-dealkylation sites (N-methyl/N-ethyl adjacent to an activating group) is 1. The molecule has 210 valence electrons. The summed E-state index contributed by atoms with van der Waals surface area (Å²) in [6.07, 6.45) is 8.66. The Labute approximate surface area is 231 Å². The van der Waals surface area contributed by atoms with Crippen LogP contribution in [0.5, 0.6) is 0 Å². The van der Waals surface area contributed by atoms with E-state index in [-0.39, 0.29) is 30.2 Å². The number of carbonyl (C=O) groups is 3. The zero-order chi connectivity index (χ0) is 28.3.